The summed E-state index contributed by atoms with van der Waals surface area (Å²) in [7, 11) is 0. The van der Waals surface area contributed by atoms with E-state index >= 15 is 0 Å². The Hall–Kier alpha value is -1.49. The molecule has 5 heteroatoms. The number of furan rings is 1. The van der Waals surface area contributed by atoms with Gasteiger partial charge in [0.2, 0.25) is 0 Å². The van der Waals surface area contributed by atoms with Gasteiger partial charge in [0.25, 0.3) is 0 Å². The van der Waals surface area contributed by atoms with Crippen molar-refractivity contribution in [1.29, 1.82) is 0 Å². The summed E-state index contributed by atoms with van der Waals surface area (Å²) in [5.41, 5.74) is 1.44. The highest BCUT2D eigenvalue weighted by atomic mass is 16.4. The predicted octanol–water partition coefficient (Wildman–Crippen LogP) is 0.407. The topological polar surface area (TPSA) is 88.5 Å². The minimum absolute atomic E-state index is 1.22. The average molecular weight is 144 g/mol. The first kappa shape index (κ1) is 8.51. The molecule has 0 saturated heterocycles. The Labute approximate surface area is 57.4 Å². The van der Waals surface area contributed by atoms with Crippen molar-refractivity contribution in [1.82, 2.24) is 5.43 Å². The number of rotatable bonds is 0. The van der Waals surface area contributed by atoms with Gasteiger partial charge in [-0.25, -0.2) is 10.6 Å². The number of carboxylic acid groups (broad SMARTS) is 1. The molecule has 10 heavy (non-hydrogen) atoms. The molecule has 4 N–H and O–H groups in total. The van der Waals surface area contributed by atoms with Crippen molar-refractivity contribution in [3.05, 3.63) is 24.7 Å². The largest absolute Gasteiger partial charge is 0.473 e. The molecule has 1 aromatic heterocycles. The average Bonchev–Trinajstić information content (AvgIpc) is 2.43. The van der Waals surface area contributed by atoms with Crippen molar-refractivity contribution in [3.8, 4) is 0 Å². The smallest absolute Gasteiger partial charge is 0.418 e. The number of nitrogens with two attached hydrogens (primary N) is 1. The van der Waals surface area contributed by atoms with Gasteiger partial charge in [0, 0.05) is 0 Å². The van der Waals surface area contributed by atoms with Crippen LogP contribution in [0.1, 0.15) is 0 Å². The summed E-state index contributed by atoms with van der Waals surface area (Å²) >= 11 is 0. The zero-order chi connectivity index (χ0) is 7.82. The molecule has 0 aliphatic heterocycles. The van der Waals surface area contributed by atoms with Crippen LogP contribution in [-0.2, 0) is 0 Å². The van der Waals surface area contributed by atoms with Gasteiger partial charge in [-0.1, -0.05) is 0 Å². The molecule has 0 bridgehead atoms. The Morgan fingerprint density at radius 1 is 1.50 bits per heavy atom. The Morgan fingerprint density at radius 2 is 1.90 bits per heavy atom. The molecule has 56 valence electrons. The molecule has 1 heterocycles. The molecule has 0 saturated carbocycles. The summed E-state index contributed by atoms with van der Waals surface area (Å²) in [4.78, 5) is 9.13. The third-order valence-corrected chi connectivity index (χ3v) is 0.549. The maximum absolute atomic E-state index is 9.13. The lowest BCUT2D eigenvalue weighted by molar-refractivity contribution is 0.194. The molecule has 0 fully saturated rings. The molecule has 0 aliphatic carbocycles. The van der Waals surface area contributed by atoms with Crippen LogP contribution in [0.25, 0.3) is 0 Å². The van der Waals surface area contributed by atoms with E-state index in [1.807, 2.05) is 12.1 Å². The summed E-state index contributed by atoms with van der Waals surface area (Å²) < 4.78 is 4.58. The maximum Gasteiger partial charge on any atom is 0.418 e. The first-order valence-corrected chi connectivity index (χ1v) is 2.44. The Balaban J connectivity index is 0.000000162. The number of amides is 1. The van der Waals surface area contributed by atoms with Crippen molar-refractivity contribution < 1.29 is 14.3 Å². The number of hydrogen-bond donors (Lipinski definition) is 3. The van der Waals surface area contributed by atoms with E-state index in [1.165, 1.54) is 5.43 Å². The fourth-order valence-corrected chi connectivity index (χ4v) is 0.227. The van der Waals surface area contributed by atoms with E-state index in [0.717, 1.165) is 0 Å². The van der Waals surface area contributed by atoms with Gasteiger partial charge >= 0.3 is 6.09 Å². The van der Waals surface area contributed by atoms with E-state index in [1.54, 1.807) is 12.5 Å². The molecule has 1 aromatic rings. The standard InChI is InChI=1S/C4H4O.CH4N2O2/c1-2-4-5-3-1;2-3-1(4)5/h1-4H;3H,2H2,(H,4,5). The van der Waals surface area contributed by atoms with Gasteiger partial charge < -0.3 is 9.52 Å². The zero-order valence-corrected chi connectivity index (χ0v) is 5.15. The summed E-state index contributed by atoms with van der Waals surface area (Å²) in [6, 6.07) is 3.67. The van der Waals surface area contributed by atoms with Crippen molar-refractivity contribution in [2.45, 2.75) is 0 Å². The molecule has 0 spiro atoms. The van der Waals surface area contributed by atoms with Crippen LogP contribution in [-0.4, -0.2) is 11.2 Å². The van der Waals surface area contributed by atoms with Crippen molar-refractivity contribution in [2.24, 2.45) is 5.84 Å². The van der Waals surface area contributed by atoms with E-state index < -0.39 is 6.09 Å². The molecule has 0 radical (unpaired) electrons. The molecular weight excluding hydrogens is 136 g/mol. The quantitative estimate of drug-likeness (QED) is 0.279. The highest BCUT2D eigenvalue weighted by Crippen LogP contribution is 1.79. The summed E-state index contributed by atoms with van der Waals surface area (Å²) in [6.07, 6.45) is 2.03. The van der Waals surface area contributed by atoms with Crippen LogP contribution in [0.15, 0.2) is 29.1 Å². The van der Waals surface area contributed by atoms with Crippen LogP contribution in [0.4, 0.5) is 4.79 Å². The normalized spacial score (nSPS) is 7.30. The third kappa shape index (κ3) is 6.51. The van der Waals surface area contributed by atoms with Crippen molar-refractivity contribution in [3.63, 3.8) is 0 Å². The number of hydrazine groups is 1. The van der Waals surface area contributed by atoms with E-state index in [2.05, 4.69) is 10.3 Å². The SMILES string of the molecule is NNC(=O)O.c1ccoc1. The summed E-state index contributed by atoms with van der Waals surface area (Å²) in [5.74, 6) is 4.32. The molecule has 0 atom stereocenters. The van der Waals surface area contributed by atoms with Crippen molar-refractivity contribution >= 4 is 6.09 Å². The highest BCUT2D eigenvalue weighted by Gasteiger charge is 1.77. The fourth-order valence-electron chi connectivity index (χ4n) is 0.227. The molecule has 5 nitrogen and oxygen atoms in total. The first-order chi connectivity index (χ1) is 4.77. The van der Waals surface area contributed by atoms with E-state index in [-0.39, 0.29) is 0 Å². The molecule has 0 unspecified atom stereocenters. The second-order valence-electron chi connectivity index (χ2n) is 1.24. The number of nitrogens with one attached hydrogen (secondary N) is 1. The zero-order valence-electron chi connectivity index (χ0n) is 5.15. The van der Waals surface area contributed by atoms with Gasteiger partial charge in [-0.05, 0) is 12.1 Å². The fraction of sp³-hybridized carbons (Fsp3) is 0. The van der Waals surface area contributed by atoms with Crippen LogP contribution < -0.4 is 11.3 Å². The number of carbonyl (C=O) groups is 1. The molecule has 0 aromatic carbocycles. The molecular formula is C5H8N2O3. The third-order valence-electron chi connectivity index (χ3n) is 0.549. The highest BCUT2D eigenvalue weighted by molar-refractivity contribution is 5.63. The van der Waals surface area contributed by atoms with Gasteiger partial charge in [-0.15, -0.1) is 0 Å². The predicted molar refractivity (Wildman–Crippen MR) is 34.1 cm³/mol. The second kappa shape index (κ2) is 5.64. The van der Waals surface area contributed by atoms with Crippen LogP contribution >= 0.6 is 0 Å². The van der Waals surface area contributed by atoms with E-state index in [4.69, 9.17) is 9.90 Å². The monoisotopic (exact) mass is 144 g/mol. The first-order valence-electron chi connectivity index (χ1n) is 2.44. The van der Waals surface area contributed by atoms with Gasteiger partial charge in [0.05, 0.1) is 12.5 Å². The lowest BCUT2D eigenvalue weighted by atomic mass is 10.7. The van der Waals surface area contributed by atoms with E-state index in [0.29, 0.717) is 0 Å². The molecule has 0 aliphatic rings. The summed E-state index contributed by atoms with van der Waals surface area (Å²) in [6.45, 7) is 0. The minimum Gasteiger partial charge on any atom is -0.473 e. The minimum atomic E-state index is -1.22. The summed E-state index contributed by atoms with van der Waals surface area (Å²) in [5, 5.41) is 7.49. The van der Waals surface area contributed by atoms with Crippen LogP contribution in [0.2, 0.25) is 0 Å². The maximum atomic E-state index is 9.13. The van der Waals surface area contributed by atoms with Crippen LogP contribution in [0.3, 0.4) is 0 Å². The van der Waals surface area contributed by atoms with Crippen molar-refractivity contribution in [2.75, 3.05) is 0 Å². The molecule has 1 amide bonds. The Bertz CT molecular complexity index is 144. The van der Waals surface area contributed by atoms with Gasteiger partial charge in [-0.2, -0.15) is 0 Å². The lowest BCUT2D eigenvalue weighted by Gasteiger charge is -1.79. The Kier molecular flexibility index (Phi) is 4.80. The Morgan fingerprint density at radius 3 is 2.00 bits per heavy atom. The lowest BCUT2D eigenvalue weighted by Crippen LogP contribution is -2.27. The van der Waals surface area contributed by atoms with Crippen LogP contribution in [0, 0.1) is 0 Å². The van der Waals surface area contributed by atoms with Crippen LogP contribution in [0.5, 0.6) is 0 Å². The van der Waals surface area contributed by atoms with Gasteiger partial charge in [0.15, 0.2) is 0 Å². The molecule has 1 rings (SSSR count). The number of hydrogen-bond acceptors (Lipinski definition) is 3. The van der Waals surface area contributed by atoms with E-state index in [9.17, 15) is 0 Å². The van der Waals surface area contributed by atoms with Gasteiger partial charge in [0.1, 0.15) is 0 Å². The van der Waals surface area contributed by atoms with Gasteiger partial charge in [-0.3, -0.25) is 5.43 Å². The second-order valence-corrected chi connectivity index (χ2v) is 1.24.